The second-order valence-electron chi connectivity index (χ2n) is 10.8. The zero-order valence-electron chi connectivity index (χ0n) is 24.3. The lowest BCUT2D eigenvalue weighted by atomic mass is 9.90. The number of carbonyl (C=O) groups is 1. The normalized spacial score (nSPS) is 14.3. The zero-order chi connectivity index (χ0) is 30.5. The first kappa shape index (κ1) is 29.8. The molecular weight excluding hydrogens is 595 g/mol. The van der Waals surface area contributed by atoms with Gasteiger partial charge in [0.05, 0.1) is 46.7 Å². The smallest absolute Gasteiger partial charge is 0.254 e. The minimum Gasteiger partial charge on any atom is -0.496 e. The molecular formula is C34H32Cl2N6O2. The van der Waals surface area contributed by atoms with Crippen molar-refractivity contribution in [2.45, 2.75) is 44.9 Å². The number of halogens is 2. The molecule has 10 heteroatoms. The van der Waals surface area contributed by atoms with Crippen LogP contribution in [-0.2, 0) is 26.1 Å². The number of amides is 1. The Bertz CT molecular complexity index is 1740. The predicted octanol–water partition coefficient (Wildman–Crippen LogP) is 7.19. The minimum absolute atomic E-state index is 0.161. The first-order valence-electron chi connectivity index (χ1n) is 14.5. The minimum atomic E-state index is -0.341. The van der Waals surface area contributed by atoms with Gasteiger partial charge in [0.1, 0.15) is 11.6 Å². The number of para-hydroxylation sites is 1. The molecule has 8 nitrogen and oxygen atoms in total. The third kappa shape index (κ3) is 6.63. The van der Waals surface area contributed by atoms with Gasteiger partial charge in [-0.05, 0) is 54.2 Å². The molecule has 3 aromatic heterocycles. The summed E-state index contributed by atoms with van der Waals surface area (Å²) in [4.78, 5) is 32.2. The molecule has 1 amide bonds. The molecule has 0 saturated heterocycles. The van der Waals surface area contributed by atoms with Crippen molar-refractivity contribution < 1.29 is 9.53 Å². The molecule has 0 spiro atoms. The highest BCUT2D eigenvalue weighted by Gasteiger charge is 2.28. The van der Waals surface area contributed by atoms with Gasteiger partial charge >= 0.3 is 0 Å². The Hall–Kier alpha value is -4.24. The molecule has 224 valence electrons. The predicted molar refractivity (Wildman–Crippen MR) is 172 cm³/mol. The van der Waals surface area contributed by atoms with Gasteiger partial charge in [-0.25, -0.2) is 4.98 Å². The van der Waals surface area contributed by atoms with E-state index < -0.39 is 0 Å². The fourth-order valence-corrected chi connectivity index (χ4v) is 6.28. The number of imidazole rings is 1. The second kappa shape index (κ2) is 13.6. The lowest BCUT2D eigenvalue weighted by Gasteiger charge is -2.34. The van der Waals surface area contributed by atoms with E-state index in [-0.39, 0.29) is 27.6 Å². The van der Waals surface area contributed by atoms with Crippen molar-refractivity contribution in [2.75, 3.05) is 7.11 Å². The summed E-state index contributed by atoms with van der Waals surface area (Å²) in [6.45, 7) is 1.68. The highest BCUT2D eigenvalue weighted by Crippen LogP contribution is 2.35. The Morgan fingerprint density at radius 3 is 2.59 bits per heavy atom. The van der Waals surface area contributed by atoms with Crippen molar-refractivity contribution in [1.82, 2.24) is 30.2 Å². The van der Waals surface area contributed by atoms with Gasteiger partial charge in [-0.2, -0.15) is 0 Å². The number of nitrogens with one attached hydrogen (secondary N) is 2. The van der Waals surface area contributed by atoms with E-state index in [0.717, 1.165) is 58.9 Å². The molecule has 6 rings (SSSR count). The van der Waals surface area contributed by atoms with Gasteiger partial charge < -0.3 is 15.0 Å². The van der Waals surface area contributed by atoms with Crippen LogP contribution >= 0.6 is 23.2 Å². The van der Waals surface area contributed by atoms with E-state index >= 15 is 0 Å². The number of pyridine rings is 2. The van der Waals surface area contributed by atoms with Gasteiger partial charge in [0, 0.05) is 43.4 Å². The molecule has 0 aliphatic heterocycles. The van der Waals surface area contributed by atoms with E-state index in [4.69, 9.17) is 37.9 Å². The summed E-state index contributed by atoms with van der Waals surface area (Å²) in [5.74, 6) is 1.32. The summed E-state index contributed by atoms with van der Waals surface area (Å²) in [6, 6.07) is 20.5. The van der Waals surface area contributed by atoms with Crippen molar-refractivity contribution in [2.24, 2.45) is 0 Å². The number of rotatable bonds is 10. The van der Waals surface area contributed by atoms with Gasteiger partial charge in [-0.3, -0.25) is 19.7 Å². The van der Waals surface area contributed by atoms with E-state index in [1.54, 1.807) is 7.11 Å². The molecule has 1 atom stereocenters. The van der Waals surface area contributed by atoms with Gasteiger partial charge in [0.15, 0.2) is 0 Å². The number of hydrogen-bond donors (Lipinski definition) is 2. The molecule has 0 fully saturated rings. The molecule has 5 aromatic rings. The monoisotopic (exact) mass is 626 g/mol. The number of aromatic amines is 1. The largest absolute Gasteiger partial charge is 0.496 e. The number of aromatic nitrogens is 4. The van der Waals surface area contributed by atoms with Gasteiger partial charge in [-0.15, -0.1) is 0 Å². The summed E-state index contributed by atoms with van der Waals surface area (Å²) in [5.41, 5.74) is 6.59. The van der Waals surface area contributed by atoms with Crippen LogP contribution in [0.1, 0.15) is 57.5 Å². The number of benzene rings is 2. The van der Waals surface area contributed by atoms with E-state index in [2.05, 4.69) is 38.4 Å². The number of ether oxygens (including phenoxy) is 1. The number of nitrogens with zero attached hydrogens (tertiary/aromatic N) is 4. The highest BCUT2D eigenvalue weighted by molar-refractivity contribution is 6.39. The number of fused-ring (bicyclic) bond motifs is 1. The summed E-state index contributed by atoms with van der Waals surface area (Å²) in [7, 11) is 1.67. The van der Waals surface area contributed by atoms with Crippen LogP contribution in [0.3, 0.4) is 0 Å². The third-order valence-electron chi connectivity index (χ3n) is 7.92. The average molecular weight is 628 g/mol. The summed E-state index contributed by atoms with van der Waals surface area (Å²) >= 11 is 12.3. The third-order valence-corrected chi connectivity index (χ3v) is 8.49. The van der Waals surface area contributed by atoms with E-state index in [1.165, 1.54) is 18.0 Å². The molecule has 0 radical (unpaired) electrons. The molecule has 1 aliphatic carbocycles. The summed E-state index contributed by atoms with van der Waals surface area (Å²) in [5, 5.41) is 3.34. The Morgan fingerprint density at radius 2 is 1.80 bits per heavy atom. The van der Waals surface area contributed by atoms with Crippen molar-refractivity contribution >= 4 is 29.1 Å². The molecule has 1 unspecified atom stereocenters. The maximum Gasteiger partial charge on any atom is 0.254 e. The summed E-state index contributed by atoms with van der Waals surface area (Å²) < 4.78 is 5.57. The quantitative estimate of drug-likeness (QED) is 0.170. The maximum absolute atomic E-state index is 12.7. The molecule has 2 N–H and O–H groups in total. The fourth-order valence-electron chi connectivity index (χ4n) is 5.74. The van der Waals surface area contributed by atoms with Crippen LogP contribution in [0.2, 0.25) is 10.0 Å². The van der Waals surface area contributed by atoms with Crippen LogP contribution in [0.25, 0.3) is 11.3 Å². The average Bonchev–Trinajstić information content (AvgIpc) is 3.52. The molecule has 1 aliphatic rings. The Kier molecular flexibility index (Phi) is 9.21. The van der Waals surface area contributed by atoms with Crippen molar-refractivity contribution in [3.05, 3.63) is 129 Å². The van der Waals surface area contributed by atoms with Crippen LogP contribution in [0.15, 0.2) is 85.5 Å². The topological polar surface area (TPSA) is 96.0 Å². The van der Waals surface area contributed by atoms with E-state index in [9.17, 15) is 4.79 Å². The van der Waals surface area contributed by atoms with E-state index in [1.807, 2.05) is 54.9 Å². The number of H-pyrrole nitrogens is 1. The fraction of sp³-hybridized carbons (Fsp3) is 0.235. The Morgan fingerprint density at radius 1 is 1.02 bits per heavy atom. The lowest BCUT2D eigenvalue weighted by molar-refractivity contribution is 0.0951. The van der Waals surface area contributed by atoms with Crippen molar-refractivity contribution in [3.8, 4) is 17.0 Å². The number of carbonyl (C=O) groups excluding carboxylic acids is 1. The van der Waals surface area contributed by atoms with Crippen LogP contribution in [-0.4, -0.2) is 37.9 Å². The van der Waals surface area contributed by atoms with Gasteiger partial charge in [0.2, 0.25) is 0 Å². The first-order chi connectivity index (χ1) is 21.5. The number of methoxy groups -OCH3 is 1. The maximum atomic E-state index is 12.7. The van der Waals surface area contributed by atoms with Gasteiger partial charge in [0.25, 0.3) is 5.91 Å². The molecule has 2 aromatic carbocycles. The van der Waals surface area contributed by atoms with Crippen LogP contribution < -0.4 is 10.1 Å². The standard InChI is InChI=1S/C34H32Cl2N6O2/c1-44-30-10-3-2-8-25(30)28-19-39-31(41-28)21-42(29-9-4-6-24-7-5-15-38-33(24)29)20-23-13-11-22(12-14-23)16-40-34(43)32-26(35)17-37-18-27(32)36/h2-3,5,7-8,10-15,17-19,29H,4,6,9,16,20-21H2,1H3,(H,39,41)(H,40,43). The number of aryl methyl sites for hydroxylation is 1. The molecule has 0 saturated carbocycles. The van der Waals surface area contributed by atoms with E-state index in [0.29, 0.717) is 19.6 Å². The van der Waals surface area contributed by atoms with Crippen molar-refractivity contribution in [3.63, 3.8) is 0 Å². The molecule has 44 heavy (non-hydrogen) atoms. The highest BCUT2D eigenvalue weighted by atomic mass is 35.5. The van der Waals surface area contributed by atoms with Crippen LogP contribution in [0.5, 0.6) is 5.75 Å². The Balaban J connectivity index is 1.20. The lowest BCUT2D eigenvalue weighted by Crippen LogP contribution is -2.31. The zero-order valence-corrected chi connectivity index (χ0v) is 25.8. The number of hydrogen-bond acceptors (Lipinski definition) is 6. The van der Waals surface area contributed by atoms with Gasteiger partial charge in [-0.1, -0.05) is 65.7 Å². The summed E-state index contributed by atoms with van der Waals surface area (Å²) in [6.07, 6.45) is 9.81. The molecule has 0 bridgehead atoms. The second-order valence-corrected chi connectivity index (χ2v) is 11.6. The van der Waals surface area contributed by atoms with Crippen LogP contribution in [0.4, 0.5) is 0 Å². The first-order valence-corrected chi connectivity index (χ1v) is 15.3. The van der Waals surface area contributed by atoms with Crippen LogP contribution in [0, 0.1) is 0 Å². The molecule has 3 heterocycles. The Labute approximate surface area is 266 Å². The SMILES string of the molecule is COc1ccccc1-c1c[nH]c(CN(Cc2ccc(CNC(=O)c3c(Cl)cncc3Cl)cc2)C2CCCc3cccnc32)n1. The van der Waals surface area contributed by atoms with Crippen molar-refractivity contribution in [1.29, 1.82) is 0 Å².